The fraction of sp³-hybridized carbons (Fsp3) is 0.529. The van der Waals surface area contributed by atoms with Crippen molar-refractivity contribution in [3.05, 3.63) is 30.1 Å². The molecule has 7 nitrogen and oxygen atoms in total. The zero-order chi connectivity index (χ0) is 16.8. The van der Waals surface area contributed by atoms with E-state index in [1.807, 2.05) is 25.2 Å². The number of nitrogens with one attached hydrogen (secondary N) is 1. The van der Waals surface area contributed by atoms with E-state index >= 15 is 0 Å². The molecule has 25 heavy (non-hydrogen) atoms. The van der Waals surface area contributed by atoms with Crippen molar-refractivity contribution in [1.82, 2.24) is 19.8 Å². The number of imidazole rings is 1. The number of aliphatic imine (C=N–C) groups is 1. The summed E-state index contributed by atoms with van der Waals surface area (Å²) in [5, 5.41) is 3.18. The van der Waals surface area contributed by atoms with E-state index in [0.29, 0.717) is 12.5 Å². The summed E-state index contributed by atoms with van der Waals surface area (Å²) < 4.78 is 7.41. The fourth-order valence-electron chi connectivity index (χ4n) is 2.89. The van der Waals surface area contributed by atoms with Gasteiger partial charge in [-0.2, -0.15) is 0 Å². The van der Waals surface area contributed by atoms with Crippen molar-refractivity contribution < 1.29 is 4.74 Å². The molecule has 1 aliphatic rings. The zero-order valence-electron chi connectivity index (χ0n) is 14.6. The molecule has 0 atom stereocenters. The maximum absolute atomic E-state index is 5.95. The Morgan fingerprint density at radius 1 is 1.32 bits per heavy atom. The quantitative estimate of drug-likeness (QED) is 0.296. The predicted octanol–water partition coefficient (Wildman–Crippen LogP) is 1.32. The van der Waals surface area contributed by atoms with E-state index in [-0.39, 0.29) is 24.0 Å². The second kappa shape index (κ2) is 9.93. The molecule has 8 heteroatoms. The fourth-order valence-corrected chi connectivity index (χ4v) is 2.89. The minimum Gasteiger partial charge on any atom is -0.379 e. The summed E-state index contributed by atoms with van der Waals surface area (Å²) >= 11 is 0. The van der Waals surface area contributed by atoms with Crippen molar-refractivity contribution in [3.63, 3.8) is 0 Å². The number of aryl methyl sites for hydroxylation is 1. The molecular weight excluding hydrogens is 431 g/mol. The Labute approximate surface area is 165 Å². The number of guanidine groups is 1. The lowest BCUT2D eigenvalue weighted by molar-refractivity contribution is 0.0376. The number of hydrogen-bond acceptors (Lipinski definition) is 4. The molecular formula is C17H27IN6O. The molecule has 0 unspecified atom stereocenters. The second-order valence-corrected chi connectivity index (χ2v) is 6.01. The summed E-state index contributed by atoms with van der Waals surface area (Å²) in [5.74, 6) is 1.39. The Morgan fingerprint density at radius 3 is 2.84 bits per heavy atom. The smallest absolute Gasteiger partial charge is 0.189 e. The van der Waals surface area contributed by atoms with Crippen molar-refractivity contribution in [2.24, 2.45) is 17.8 Å². The summed E-state index contributed by atoms with van der Waals surface area (Å²) in [7, 11) is 2.01. The topological polar surface area (TPSA) is 80.7 Å². The molecule has 1 saturated heterocycles. The van der Waals surface area contributed by atoms with E-state index in [1.54, 1.807) is 0 Å². The molecule has 2 heterocycles. The Bertz CT molecular complexity index is 696. The van der Waals surface area contributed by atoms with Crippen LogP contribution in [0.1, 0.15) is 12.2 Å². The number of nitrogens with two attached hydrogens (primary N) is 1. The average molecular weight is 458 g/mol. The lowest BCUT2D eigenvalue weighted by Gasteiger charge is -2.26. The third-order valence-corrected chi connectivity index (χ3v) is 4.33. The van der Waals surface area contributed by atoms with Gasteiger partial charge in [-0.25, -0.2) is 9.98 Å². The Balaban J connectivity index is 0.00000225. The summed E-state index contributed by atoms with van der Waals surface area (Å²) in [6, 6.07) is 8.08. The summed E-state index contributed by atoms with van der Waals surface area (Å²) in [4.78, 5) is 11.4. The van der Waals surface area contributed by atoms with Gasteiger partial charge in [-0.1, -0.05) is 12.1 Å². The van der Waals surface area contributed by atoms with E-state index < -0.39 is 0 Å². The van der Waals surface area contributed by atoms with Crippen molar-refractivity contribution >= 4 is 41.0 Å². The van der Waals surface area contributed by atoms with Gasteiger partial charge in [0, 0.05) is 26.7 Å². The van der Waals surface area contributed by atoms with Gasteiger partial charge >= 0.3 is 0 Å². The van der Waals surface area contributed by atoms with Gasteiger partial charge < -0.3 is 20.4 Å². The number of morpholine rings is 1. The van der Waals surface area contributed by atoms with Crippen LogP contribution in [0.4, 0.5) is 0 Å². The number of hydrogen-bond donors (Lipinski definition) is 2. The highest BCUT2D eigenvalue weighted by Crippen LogP contribution is 2.14. The lowest BCUT2D eigenvalue weighted by atomic mass is 10.3. The molecule has 0 spiro atoms. The molecule has 2 aromatic rings. The van der Waals surface area contributed by atoms with Crippen LogP contribution in [0.25, 0.3) is 11.0 Å². The molecule has 3 N–H and O–H groups in total. The number of ether oxygens (including phenoxy) is 1. The van der Waals surface area contributed by atoms with Gasteiger partial charge in [0.05, 0.1) is 24.2 Å². The Kier molecular flexibility index (Phi) is 7.91. The number of rotatable bonds is 6. The predicted molar refractivity (Wildman–Crippen MR) is 111 cm³/mol. The van der Waals surface area contributed by atoms with E-state index in [2.05, 4.69) is 30.8 Å². The van der Waals surface area contributed by atoms with Gasteiger partial charge in [0.2, 0.25) is 0 Å². The maximum atomic E-state index is 5.95. The van der Waals surface area contributed by atoms with Crippen LogP contribution in [0.2, 0.25) is 0 Å². The van der Waals surface area contributed by atoms with Gasteiger partial charge in [-0.3, -0.25) is 4.90 Å². The molecule has 0 radical (unpaired) electrons. The number of fused-ring (bicyclic) bond motifs is 1. The molecule has 0 aliphatic carbocycles. The highest BCUT2D eigenvalue weighted by Gasteiger charge is 2.09. The SMILES string of the molecule is Cn1c(CN=C(N)NCCCN2CCOCC2)nc2ccccc21.I. The van der Waals surface area contributed by atoms with Gasteiger partial charge in [-0.05, 0) is 25.1 Å². The van der Waals surface area contributed by atoms with Crippen LogP contribution in [0.5, 0.6) is 0 Å². The highest BCUT2D eigenvalue weighted by molar-refractivity contribution is 14.0. The van der Waals surface area contributed by atoms with Crippen molar-refractivity contribution in [2.75, 3.05) is 39.4 Å². The third kappa shape index (κ3) is 5.55. The first-order valence-electron chi connectivity index (χ1n) is 8.48. The average Bonchev–Trinajstić information content (AvgIpc) is 2.94. The zero-order valence-corrected chi connectivity index (χ0v) is 17.0. The Hall–Kier alpha value is -1.39. The van der Waals surface area contributed by atoms with Crippen LogP contribution in [0, 0.1) is 0 Å². The van der Waals surface area contributed by atoms with Crippen molar-refractivity contribution in [3.8, 4) is 0 Å². The van der Waals surface area contributed by atoms with Crippen LogP contribution in [0.15, 0.2) is 29.3 Å². The van der Waals surface area contributed by atoms with E-state index in [4.69, 9.17) is 10.5 Å². The molecule has 0 bridgehead atoms. The van der Waals surface area contributed by atoms with Crippen molar-refractivity contribution in [2.45, 2.75) is 13.0 Å². The summed E-state index contributed by atoms with van der Waals surface area (Å²) in [6.45, 7) is 6.10. The first-order valence-corrected chi connectivity index (χ1v) is 8.48. The monoisotopic (exact) mass is 458 g/mol. The van der Waals surface area contributed by atoms with Crippen LogP contribution in [-0.4, -0.2) is 59.8 Å². The highest BCUT2D eigenvalue weighted by atomic mass is 127. The van der Waals surface area contributed by atoms with Crippen LogP contribution >= 0.6 is 24.0 Å². The van der Waals surface area contributed by atoms with Crippen LogP contribution < -0.4 is 11.1 Å². The van der Waals surface area contributed by atoms with E-state index in [9.17, 15) is 0 Å². The minimum atomic E-state index is 0. The molecule has 1 aromatic carbocycles. The van der Waals surface area contributed by atoms with Crippen LogP contribution in [0.3, 0.4) is 0 Å². The van der Waals surface area contributed by atoms with Gasteiger partial charge in [0.25, 0.3) is 0 Å². The third-order valence-electron chi connectivity index (χ3n) is 4.33. The molecule has 1 fully saturated rings. The summed E-state index contributed by atoms with van der Waals surface area (Å²) in [5.41, 5.74) is 8.05. The van der Waals surface area contributed by atoms with E-state index in [0.717, 1.165) is 62.7 Å². The number of benzene rings is 1. The first kappa shape index (κ1) is 19.9. The largest absolute Gasteiger partial charge is 0.379 e. The normalized spacial score (nSPS) is 16.0. The summed E-state index contributed by atoms with van der Waals surface area (Å²) in [6.07, 6.45) is 1.04. The minimum absolute atomic E-state index is 0. The molecule has 3 rings (SSSR count). The number of aromatic nitrogens is 2. The van der Waals surface area contributed by atoms with Gasteiger partial charge in [-0.15, -0.1) is 24.0 Å². The number of halogens is 1. The lowest BCUT2D eigenvalue weighted by Crippen LogP contribution is -2.39. The Morgan fingerprint density at radius 2 is 2.08 bits per heavy atom. The van der Waals surface area contributed by atoms with Crippen LogP contribution in [-0.2, 0) is 18.3 Å². The van der Waals surface area contributed by atoms with Gasteiger partial charge in [0.1, 0.15) is 12.4 Å². The maximum Gasteiger partial charge on any atom is 0.189 e. The first-order chi connectivity index (χ1) is 11.7. The molecule has 138 valence electrons. The molecule has 0 saturated carbocycles. The standard InChI is InChI=1S/C17H26N6O.HI/c1-22-15-6-3-2-5-14(15)21-16(22)13-20-17(18)19-7-4-8-23-9-11-24-12-10-23;/h2-3,5-6H,4,7-13H2,1H3,(H3,18,19,20);1H. The molecule has 1 aliphatic heterocycles. The molecule has 1 aromatic heterocycles. The molecule has 0 amide bonds. The van der Waals surface area contributed by atoms with Gasteiger partial charge in [0.15, 0.2) is 5.96 Å². The van der Waals surface area contributed by atoms with Crippen molar-refractivity contribution in [1.29, 1.82) is 0 Å². The van der Waals surface area contributed by atoms with E-state index in [1.165, 1.54) is 0 Å². The number of nitrogens with zero attached hydrogens (tertiary/aromatic N) is 4. The second-order valence-electron chi connectivity index (χ2n) is 6.01. The number of para-hydroxylation sites is 2.